The van der Waals surface area contributed by atoms with Gasteiger partial charge in [0, 0.05) is 0 Å². The molecule has 0 saturated carbocycles. The third kappa shape index (κ3) is 4.47. The van der Waals surface area contributed by atoms with Gasteiger partial charge in [-0.1, -0.05) is 12.1 Å². The molecule has 0 spiro atoms. The molecule has 0 aliphatic rings. The van der Waals surface area contributed by atoms with E-state index in [0.29, 0.717) is 10.1 Å². The lowest BCUT2D eigenvalue weighted by Gasteiger charge is -2.15. The number of hydrogen-bond acceptors (Lipinski definition) is 4. The molecular weight excluding hydrogens is 446 g/mol. The molecule has 3 N–H and O–H groups in total. The Kier molecular flexibility index (Phi) is 5.80. The fraction of sp³-hybridized carbons (Fsp3) is 0.316. The number of halogens is 6. The van der Waals surface area contributed by atoms with Gasteiger partial charge in [0.1, 0.15) is 11.1 Å². The molecular formula is C19H16F6N4O3. The van der Waals surface area contributed by atoms with E-state index in [2.05, 4.69) is 10.1 Å². The topological polar surface area (TPSA) is 99.5 Å². The molecule has 0 saturated heterocycles. The first-order valence-electron chi connectivity index (χ1n) is 9.03. The largest absolute Gasteiger partial charge is 0.421 e. The lowest BCUT2D eigenvalue weighted by molar-refractivity contribution is -0.201. The normalized spacial score (nSPS) is 13.4. The van der Waals surface area contributed by atoms with Crippen LogP contribution in [0.15, 0.2) is 29.2 Å². The van der Waals surface area contributed by atoms with Crippen LogP contribution >= 0.6 is 0 Å². The molecule has 0 aliphatic heterocycles. The molecule has 13 heteroatoms. The zero-order chi connectivity index (χ0) is 24.0. The second-order valence-corrected chi connectivity index (χ2v) is 7.08. The molecule has 1 amide bonds. The number of carbonyl (C=O) groups excluding carboxylic acids is 1. The van der Waals surface area contributed by atoms with Crippen molar-refractivity contribution in [3.63, 3.8) is 0 Å². The number of aliphatic hydroxyl groups excluding tert-OH is 1. The first-order valence-corrected chi connectivity index (χ1v) is 9.03. The number of aryl methyl sites for hydroxylation is 2. The van der Waals surface area contributed by atoms with Gasteiger partial charge in [0.15, 0.2) is 11.8 Å². The van der Waals surface area contributed by atoms with Crippen molar-refractivity contribution in [3.8, 4) is 11.3 Å². The zero-order valence-electron chi connectivity index (χ0n) is 16.5. The number of hydrogen-bond donors (Lipinski definition) is 3. The van der Waals surface area contributed by atoms with E-state index >= 15 is 0 Å². The number of benzene rings is 1. The fourth-order valence-corrected chi connectivity index (χ4v) is 2.95. The van der Waals surface area contributed by atoms with Crippen molar-refractivity contribution in [2.45, 2.75) is 32.3 Å². The van der Waals surface area contributed by atoms with Crippen molar-refractivity contribution in [2.24, 2.45) is 0 Å². The highest BCUT2D eigenvalue weighted by atomic mass is 19.4. The SMILES string of the molecule is Cc1ccc(-c2cn3nc(C(=O)NCC(O)C(F)(F)F)c(C(F)(F)F)c3c(=O)[nH]2)cc1C. The van der Waals surface area contributed by atoms with Gasteiger partial charge in [-0.2, -0.15) is 31.4 Å². The monoisotopic (exact) mass is 462 g/mol. The minimum atomic E-state index is -5.22. The second kappa shape index (κ2) is 7.97. The molecule has 172 valence electrons. The summed E-state index contributed by atoms with van der Waals surface area (Å²) < 4.78 is 78.7. The Hall–Kier alpha value is -3.35. The molecule has 1 atom stereocenters. The first kappa shape index (κ1) is 23.3. The average Bonchev–Trinajstić information content (AvgIpc) is 3.08. The average molecular weight is 462 g/mol. The quantitative estimate of drug-likeness (QED) is 0.519. The molecule has 1 aromatic carbocycles. The van der Waals surface area contributed by atoms with Crippen LogP contribution in [0.4, 0.5) is 26.3 Å². The smallest absolute Gasteiger partial charge is 0.382 e. The van der Waals surface area contributed by atoms with Gasteiger partial charge in [0.05, 0.1) is 18.4 Å². The Morgan fingerprint density at radius 2 is 1.84 bits per heavy atom. The lowest BCUT2D eigenvalue weighted by Crippen LogP contribution is -2.41. The van der Waals surface area contributed by atoms with Crippen molar-refractivity contribution in [1.29, 1.82) is 0 Å². The summed E-state index contributed by atoms with van der Waals surface area (Å²) >= 11 is 0. The van der Waals surface area contributed by atoms with Crippen LogP contribution in [0.3, 0.4) is 0 Å². The predicted molar refractivity (Wildman–Crippen MR) is 100 cm³/mol. The Morgan fingerprint density at radius 3 is 2.41 bits per heavy atom. The summed E-state index contributed by atoms with van der Waals surface area (Å²) in [7, 11) is 0. The van der Waals surface area contributed by atoms with E-state index in [0.717, 1.165) is 17.3 Å². The molecule has 2 heterocycles. The van der Waals surface area contributed by atoms with E-state index in [4.69, 9.17) is 5.11 Å². The summed E-state index contributed by atoms with van der Waals surface area (Å²) in [4.78, 5) is 27.0. The number of fused-ring (bicyclic) bond motifs is 1. The molecule has 0 fully saturated rings. The van der Waals surface area contributed by atoms with Crippen LogP contribution in [0.5, 0.6) is 0 Å². The number of alkyl halides is 6. The third-order valence-corrected chi connectivity index (χ3v) is 4.78. The number of nitrogens with zero attached hydrogens (tertiary/aromatic N) is 2. The Bertz CT molecular complexity index is 1240. The molecule has 1 unspecified atom stereocenters. The van der Waals surface area contributed by atoms with E-state index in [1.807, 2.05) is 6.92 Å². The van der Waals surface area contributed by atoms with Gasteiger partial charge in [0.25, 0.3) is 11.5 Å². The molecule has 0 aliphatic carbocycles. The minimum Gasteiger partial charge on any atom is -0.382 e. The van der Waals surface area contributed by atoms with E-state index in [9.17, 15) is 35.9 Å². The van der Waals surface area contributed by atoms with E-state index in [-0.39, 0.29) is 5.69 Å². The van der Waals surface area contributed by atoms with Crippen LogP contribution < -0.4 is 10.9 Å². The van der Waals surface area contributed by atoms with Crippen molar-refractivity contribution < 1.29 is 36.2 Å². The molecule has 0 bridgehead atoms. The predicted octanol–water partition coefficient (Wildman–Crippen LogP) is 2.98. The van der Waals surface area contributed by atoms with Crippen LogP contribution in [-0.2, 0) is 6.18 Å². The maximum Gasteiger partial charge on any atom is 0.421 e. The fourth-order valence-electron chi connectivity index (χ4n) is 2.95. The molecule has 3 aromatic rings. The van der Waals surface area contributed by atoms with Gasteiger partial charge < -0.3 is 15.4 Å². The van der Waals surface area contributed by atoms with Gasteiger partial charge in [-0.15, -0.1) is 0 Å². The highest BCUT2D eigenvalue weighted by Gasteiger charge is 2.42. The number of carbonyl (C=O) groups is 1. The Balaban J connectivity index is 2.11. The lowest BCUT2D eigenvalue weighted by atomic mass is 10.0. The second-order valence-electron chi connectivity index (χ2n) is 7.08. The van der Waals surface area contributed by atoms with E-state index in [1.165, 1.54) is 0 Å². The molecule has 32 heavy (non-hydrogen) atoms. The third-order valence-electron chi connectivity index (χ3n) is 4.78. The van der Waals surface area contributed by atoms with Crippen LogP contribution in [0.2, 0.25) is 0 Å². The summed E-state index contributed by atoms with van der Waals surface area (Å²) in [6, 6.07) is 5.05. The highest BCUT2D eigenvalue weighted by molar-refractivity contribution is 5.96. The highest BCUT2D eigenvalue weighted by Crippen LogP contribution is 2.34. The van der Waals surface area contributed by atoms with Crippen LogP contribution in [0.25, 0.3) is 16.8 Å². The van der Waals surface area contributed by atoms with Crippen molar-refractivity contribution in [3.05, 3.63) is 57.1 Å². The van der Waals surface area contributed by atoms with E-state index < -0.39 is 53.2 Å². The van der Waals surface area contributed by atoms with Crippen molar-refractivity contribution in [2.75, 3.05) is 6.54 Å². The summed E-state index contributed by atoms with van der Waals surface area (Å²) in [6.45, 7) is 2.25. The number of aliphatic hydroxyl groups is 1. The number of nitrogens with one attached hydrogen (secondary N) is 2. The van der Waals surface area contributed by atoms with Gasteiger partial charge in [0.2, 0.25) is 0 Å². The molecule has 2 aromatic heterocycles. The first-order chi connectivity index (χ1) is 14.7. The molecule has 0 radical (unpaired) electrons. The van der Waals surface area contributed by atoms with Crippen LogP contribution in [0.1, 0.15) is 27.2 Å². The maximum absolute atomic E-state index is 13.6. The maximum atomic E-state index is 13.6. The Morgan fingerprint density at radius 1 is 1.19 bits per heavy atom. The minimum absolute atomic E-state index is 0.112. The van der Waals surface area contributed by atoms with Gasteiger partial charge in [-0.3, -0.25) is 9.59 Å². The number of rotatable bonds is 4. The summed E-state index contributed by atoms with van der Waals surface area (Å²) in [5.74, 6) is -1.63. The van der Waals surface area contributed by atoms with Gasteiger partial charge in [-0.05, 0) is 36.6 Å². The summed E-state index contributed by atoms with van der Waals surface area (Å²) in [5, 5.41) is 14.0. The van der Waals surface area contributed by atoms with E-state index in [1.54, 1.807) is 30.4 Å². The van der Waals surface area contributed by atoms with Crippen molar-refractivity contribution in [1.82, 2.24) is 19.9 Å². The number of aromatic nitrogens is 3. The van der Waals surface area contributed by atoms with Crippen LogP contribution in [0, 0.1) is 13.8 Å². The summed E-state index contributed by atoms with van der Waals surface area (Å²) in [6.07, 6.45) is -12.2. The zero-order valence-corrected chi connectivity index (χ0v) is 16.5. The molecule has 7 nitrogen and oxygen atoms in total. The van der Waals surface area contributed by atoms with Crippen LogP contribution in [-0.4, -0.2) is 44.4 Å². The standard InChI is InChI=1S/C19H16F6N4O3/c1-8-3-4-10(5-9(8)2)11-7-29-15(17(32)27-11)13(19(23,24)25)14(28-29)16(31)26-6-12(30)18(20,21)22/h3-5,7,12,30H,6H2,1-2H3,(H,26,31)(H,27,32). The van der Waals surface area contributed by atoms with Crippen molar-refractivity contribution >= 4 is 11.4 Å². The van der Waals surface area contributed by atoms with Gasteiger partial charge in [-0.25, -0.2) is 4.52 Å². The number of amides is 1. The van der Waals surface area contributed by atoms with Gasteiger partial charge >= 0.3 is 12.4 Å². The number of H-pyrrole nitrogens is 1. The number of aromatic amines is 1. The Labute approximate surface area is 175 Å². The molecule has 3 rings (SSSR count). The summed E-state index contributed by atoms with van der Waals surface area (Å²) in [5.41, 5.74) is -2.82.